The van der Waals surface area contributed by atoms with Crippen molar-refractivity contribution >= 4 is 11.8 Å². The lowest BCUT2D eigenvalue weighted by Gasteiger charge is -2.22. The number of nitrogens with zero attached hydrogens (tertiary/aromatic N) is 1. The molecule has 2 aliphatic rings. The van der Waals surface area contributed by atoms with Gasteiger partial charge in [-0.3, -0.25) is 9.59 Å². The van der Waals surface area contributed by atoms with Gasteiger partial charge in [0.25, 0.3) is 5.91 Å². The fraction of sp³-hybridized carbons (Fsp3) is 0.417. The fourth-order valence-corrected chi connectivity index (χ4v) is 4.17. The van der Waals surface area contributed by atoms with Gasteiger partial charge in [0.05, 0.1) is 12.0 Å². The summed E-state index contributed by atoms with van der Waals surface area (Å²) >= 11 is 0. The van der Waals surface area contributed by atoms with Gasteiger partial charge in [-0.1, -0.05) is 36.4 Å². The van der Waals surface area contributed by atoms with Crippen molar-refractivity contribution in [2.75, 3.05) is 20.1 Å². The molecule has 0 bridgehead atoms. The molecule has 2 atom stereocenters. The minimum absolute atomic E-state index is 0.0568. The second-order valence-electron chi connectivity index (χ2n) is 8.27. The Morgan fingerprint density at radius 1 is 1.10 bits per heavy atom. The maximum absolute atomic E-state index is 12.6. The van der Waals surface area contributed by atoms with E-state index in [0.29, 0.717) is 11.5 Å². The highest BCUT2D eigenvalue weighted by Gasteiger charge is 2.28. The Labute approximate surface area is 171 Å². The van der Waals surface area contributed by atoms with Crippen LogP contribution in [0.5, 0.6) is 0 Å². The molecule has 0 heterocycles. The molecule has 1 fully saturated rings. The number of amides is 2. The molecule has 2 aromatic carbocycles. The number of aliphatic hydroxyl groups is 1. The summed E-state index contributed by atoms with van der Waals surface area (Å²) in [5.41, 5.74) is 4.23. The van der Waals surface area contributed by atoms with Crippen LogP contribution >= 0.6 is 0 Å². The maximum atomic E-state index is 12.6. The van der Waals surface area contributed by atoms with Gasteiger partial charge in [0.2, 0.25) is 5.91 Å². The molecule has 0 aromatic heterocycles. The first-order valence-electron chi connectivity index (χ1n) is 10.4. The summed E-state index contributed by atoms with van der Waals surface area (Å²) in [5, 5.41) is 13.2. The summed E-state index contributed by atoms with van der Waals surface area (Å²) in [4.78, 5) is 26.6. The van der Waals surface area contributed by atoms with Gasteiger partial charge in [-0.05, 0) is 60.4 Å². The molecule has 2 N–H and O–H groups in total. The van der Waals surface area contributed by atoms with Crippen molar-refractivity contribution in [3.63, 3.8) is 0 Å². The van der Waals surface area contributed by atoms with E-state index in [0.717, 1.165) is 18.4 Å². The van der Waals surface area contributed by atoms with Gasteiger partial charge in [-0.2, -0.15) is 0 Å². The summed E-state index contributed by atoms with van der Waals surface area (Å²) in [5.74, 6) is 0.331. The SMILES string of the molecule is CN(CC(O)CNC(=O)C1CCc2ccccc21)C(=O)c1ccc(C2CC2)cc1. The standard InChI is InChI=1S/C24H28N2O3/c1-26(24(29)19-10-8-17(9-11-19)16-6-7-16)15-20(27)14-25-23(28)22-13-12-18-4-2-3-5-21(18)22/h2-5,8-11,16,20,22,27H,6-7,12-15H2,1H3,(H,25,28). The van der Waals surface area contributed by atoms with E-state index in [1.807, 2.05) is 42.5 Å². The average molecular weight is 392 g/mol. The van der Waals surface area contributed by atoms with Crippen LogP contribution in [-0.4, -0.2) is 48.1 Å². The van der Waals surface area contributed by atoms with E-state index < -0.39 is 6.10 Å². The van der Waals surface area contributed by atoms with E-state index in [1.165, 1.54) is 28.9 Å². The highest BCUT2D eigenvalue weighted by atomic mass is 16.3. The number of aryl methyl sites for hydroxylation is 1. The van der Waals surface area contributed by atoms with Crippen molar-refractivity contribution in [1.82, 2.24) is 10.2 Å². The van der Waals surface area contributed by atoms with Crippen LogP contribution in [0.1, 0.15) is 58.1 Å². The Morgan fingerprint density at radius 2 is 1.83 bits per heavy atom. The van der Waals surface area contributed by atoms with Crippen molar-refractivity contribution in [3.05, 3.63) is 70.8 Å². The molecule has 29 heavy (non-hydrogen) atoms. The van der Waals surface area contributed by atoms with Crippen LogP contribution in [0, 0.1) is 0 Å². The smallest absolute Gasteiger partial charge is 0.253 e. The molecule has 5 nitrogen and oxygen atoms in total. The molecule has 5 heteroatoms. The zero-order chi connectivity index (χ0) is 20.4. The molecule has 4 rings (SSSR count). The van der Waals surface area contributed by atoms with E-state index in [1.54, 1.807) is 7.05 Å². The number of hydrogen-bond donors (Lipinski definition) is 2. The lowest BCUT2D eigenvalue weighted by molar-refractivity contribution is -0.123. The topological polar surface area (TPSA) is 69.6 Å². The van der Waals surface area contributed by atoms with Crippen molar-refractivity contribution in [2.45, 2.75) is 43.6 Å². The minimum atomic E-state index is -0.810. The van der Waals surface area contributed by atoms with E-state index >= 15 is 0 Å². The van der Waals surface area contributed by atoms with E-state index in [-0.39, 0.29) is 30.8 Å². The van der Waals surface area contributed by atoms with Gasteiger partial charge in [-0.25, -0.2) is 0 Å². The zero-order valence-electron chi connectivity index (χ0n) is 16.8. The molecule has 1 saturated carbocycles. The number of likely N-dealkylation sites (N-methyl/N-ethyl adjacent to an activating group) is 1. The molecule has 0 spiro atoms. The zero-order valence-corrected chi connectivity index (χ0v) is 16.8. The van der Waals surface area contributed by atoms with Crippen LogP contribution in [-0.2, 0) is 11.2 Å². The highest BCUT2D eigenvalue weighted by Crippen LogP contribution is 2.39. The monoisotopic (exact) mass is 392 g/mol. The van der Waals surface area contributed by atoms with Gasteiger partial charge in [-0.15, -0.1) is 0 Å². The molecule has 2 unspecified atom stereocenters. The van der Waals surface area contributed by atoms with E-state index in [4.69, 9.17) is 0 Å². The van der Waals surface area contributed by atoms with Gasteiger partial charge in [0.15, 0.2) is 0 Å². The van der Waals surface area contributed by atoms with Gasteiger partial charge in [0, 0.05) is 25.7 Å². The number of nitrogens with one attached hydrogen (secondary N) is 1. The molecule has 0 radical (unpaired) electrons. The molecule has 0 aliphatic heterocycles. The third-order valence-corrected chi connectivity index (χ3v) is 6.00. The number of fused-ring (bicyclic) bond motifs is 1. The Hall–Kier alpha value is -2.66. The van der Waals surface area contributed by atoms with Crippen molar-refractivity contribution < 1.29 is 14.7 Å². The predicted molar refractivity (Wildman–Crippen MR) is 112 cm³/mol. The average Bonchev–Trinajstić information content (AvgIpc) is 3.50. The fourth-order valence-electron chi connectivity index (χ4n) is 4.17. The Balaban J connectivity index is 1.26. The molecule has 152 valence electrons. The molecule has 2 aromatic rings. The number of aliphatic hydroxyl groups excluding tert-OH is 1. The number of rotatable bonds is 7. The first-order chi connectivity index (χ1) is 14.0. The van der Waals surface area contributed by atoms with Crippen LogP contribution < -0.4 is 5.32 Å². The van der Waals surface area contributed by atoms with E-state index in [9.17, 15) is 14.7 Å². The molecular formula is C24H28N2O3. The molecular weight excluding hydrogens is 364 g/mol. The molecule has 2 amide bonds. The predicted octanol–water partition coefficient (Wildman–Crippen LogP) is 2.84. The molecule has 2 aliphatic carbocycles. The number of benzene rings is 2. The summed E-state index contributed by atoms with van der Waals surface area (Å²) < 4.78 is 0. The summed E-state index contributed by atoms with van der Waals surface area (Å²) in [6, 6.07) is 15.8. The van der Waals surface area contributed by atoms with Crippen LogP contribution in [0.3, 0.4) is 0 Å². The highest BCUT2D eigenvalue weighted by molar-refractivity contribution is 5.94. The third-order valence-electron chi connectivity index (χ3n) is 6.00. The van der Waals surface area contributed by atoms with Crippen LogP contribution in [0.15, 0.2) is 48.5 Å². The minimum Gasteiger partial charge on any atom is -0.389 e. The summed E-state index contributed by atoms with van der Waals surface area (Å²) in [7, 11) is 1.68. The second kappa shape index (κ2) is 8.37. The van der Waals surface area contributed by atoms with Crippen LogP contribution in [0.2, 0.25) is 0 Å². The number of hydrogen-bond acceptors (Lipinski definition) is 3. The lowest BCUT2D eigenvalue weighted by atomic mass is 10.0. The van der Waals surface area contributed by atoms with Gasteiger partial charge >= 0.3 is 0 Å². The largest absolute Gasteiger partial charge is 0.389 e. The third kappa shape index (κ3) is 4.51. The Kier molecular flexibility index (Phi) is 5.67. The second-order valence-corrected chi connectivity index (χ2v) is 8.27. The van der Waals surface area contributed by atoms with Gasteiger partial charge < -0.3 is 15.3 Å². The van der Waals surface area contributed by atoms with Crippen molar-refractivity contribution in [2.24, 2.45) is 0 Å². The van der Waals surface area contributed by atoms with Gasteiger partial charge in [0.1, 0.15) is 0 Å². The van der Waals surface area contributed by atoms with Crippen molar-refractivity contribution in [1.29, 1.82) is 0 Å². The molecule has 0 saturated heterocycles. The van der Waals surface area contributed by atoms with Crippen LogP contribution in [0.4, 0.5) is 0 Å². The summed E-state index contributed by atoms with van der Waals surface area (Å²) in [6.07, 6.45) is 3.37. The first kappa shape index (κ1) is 19.6. The van der Waals surface area contributed by atoms with Crippen LogP contribution in [0.25, 0.3) is 0 Å². The Morgan fingerprint density at radius 3 is 2.55 bits per heavy atom. The number of carbonyl (C=O) groups is 2. The quantitative estimate of drug-likeness (QED) is 0.761. The maximum Gasteiger partial charge on any atom is 0.253 e. The first-order valence-corrected chi connectivity index (χ1v) is 10.4. The normalized spacial score (nSPS) is 18.8. The lowest BCUT2D eigenvalue weighted by Crippen LogP contribution is -2.42. The van der Waals surface area contributed by atoms with E-state index in [2.05, 4.69) is 11.4 Å². The summed E-state index contributed by atoms with van der Waals surface area (Å²) in [6.45, 7) is 0.306. The Bertz CT molecular complexity index is 889. The number of carbonyl (C=O) groups excluding carboxylic acids is 2. The van der Waals surface area contributed by atoms with Crippen molar-refractivity contribution in [3.8, 4) is 0 Å².